The third kappa shape index (κ3) is 5.62. The Balaban J connectivity index is 1.17. The van der Waals surface area contributed by atoms with Gasteiger partial charge in [0.25, 0.3) is 0 Å². The molecule has 304 valence electrons. The largest absolute Gasteiger partial charge is 0.0985 e. The maximum atomic E-state index is 4.01. The highest BCUT2D eigenvalue weighted by Gasteiger charge is 2.37. The van der Waals surface area contributed by atoms with Crippen LogP contribution in [0, 0.1) is 0 Å². The molecule has 2 aliphatic carbocycles. The van der Waals surface area contributed by atoms with Crippen LogP contribution < -0.4 is 0 Å². The van der Waals surface area contributed by atoms with Crippen LogP contribution in [0.4, 0.5) is 0 Å². The zero-order chi connectivity index (χ0) is 43.5. The van der Waals surface area contributed by atoms with Gasteiger partial charge in [0.15, 0.2) is 0 Å². The number of benzene rings is 10. The smallest absolute Gasteiger partial charge is 0.0159 e. The van der Waals surface area contributed by atoms with Gasteiger partial charge in [-0.3, -0.25) is 0 Å². The first-order valence-corrected chi connectivity index (χ1v) is 22.5. The van der Waals surface area contributed by atoms with Gasteiger partial charge in [0.1, 0.15) is 0 Å². The Kier molecular flexibility index (Phi) is 8.34. The molecule has 2 aliphatic rings. The third-order valence-corrected chi connectivity index (χ3v) is 14.8. The van der Waals surface area contributed by atoms with E-state index in [2.05, 4.69) is 223 Å². The third-order valence-electron chi connectivity index (χ3n) is 14.8. The highest BCUT2D eigenvalue weighted by Crippen LogP contribution is 2.53. The van der Waals surface area contributed by atoms with Crippen molar-refractivity contribution in [2.24, 2.45) is 0 Å². The van der Waals surface area contributed by atoms with Crippen molar-refractivity contribution in [1.82, 2.24) is 0 Å². The fraction of sp³-hybridized carbons (Fsp3) is 0.0938. The summed E-state index contributed by atoms with van der Waals surface area (Å²) in [4.78, 5) is 0. The van der Waals surface area contributed by atoms with Crippen molar-refractivity contribution in [3.05, 3.63) is 229 Å². The predicted octanol–water partition coefficient (Wildman–Crippen LogP) is 17.7. The molecule has 0 amide bonds. The van der Waals surface area contributed by atoms with Gasteiger partial charge < -0.3 is 0 Å². The molecule has 10 aromatic carbocycles. The molecule has 0 nitrogen and oxygen atoms in total. The quantitative estimate of drug-likeness (QED) is 0.147. The van der Waals surface area contributed by atoms with Crippen molar-refractivity contribution < 1.29 is 0 Å². The average Bonchev–Trinajstić information content (AvgIpc) is 3.71. The number of rotatable bonds is 6. The average molecular weight is 817 g/mol. The van der Waals surface area contributed by atoms with E-state index in [-0.39, 0.29) is 10.8 Å². The molecule has 0 aromatic heterocycles. The maximum absolute atomic E-state index is 4.01. The lowest BCUT2D eigenvalue weighted by Gasteiger charge is -2.23. The van der Waals surface area contributed by atoms with Crippen molar-refractivity contribution in [3.63, 3.8) is 0 Å². The van der Waals surface area contributed by atoms with E-state index in [1.54, 1.807) is 0 Å². The predicted molar refractivity (Wildman–Crippen MR) is 276 cm³/mol. The topological polar surface area (TPSA) is 0 Å². The molecule has 0 atom stereocenters. The summed E-state index contributed by atoms with van der Waals surface area (Å²) in [6.45, 7) is 17.5. The molecule has 0 saturated carbocycles. The summed E-state index contributed by atoms with van der Waals surface area (Å²) in [6, 6.07) is 69.0. The molecule has 0 spiro atoms. The highest BCUT2D eigenvalue weighted by molar-refractivity contribution is 6.25. The standard InChI is InChI=1S/C64H48/c1-7-39-17-21-41(22-18-39)43-25-29-47-53(45-27-31-51-49-13-9-11-15-59(49)63(3,4)61(51)35-45)38-58-56-34-44(42-23-19-40(8-2)20-24-42)26-30-48(56)54(37-57(58)55(47)33-43)46-28-32-52-50-14-10-12-16-60(50)64(5,6)62(52)36-46/h7-38H,1-2H2,3-6H3. The van der Waals surface area contributed by atoms with Gasteiger partial charge in [0.05, 0.1) is 0 Å². The summed E-state index contributed by atoms with van der Waals surface area (Å²) in [5, 5.41) is 7.50. The second kappa shape index (κ2) is 14.0. The molecule has 0 heterocycles. The van der Waals surface area contributed by atoms with Crippen molar-refractivity contribution >= 4 is 44.5 Å². The van der Waals surface area contributed by atoms with Crippen LogP contribution in [-0.4, -0.2) is 0 Å². The summed E-state index contributed by atoms with van der Waals surface area (Å²) in [6.07, 6.45) is 3.82. The van der Waals surface area contributed by atoms with Gasteiger partial charge in [-0.2, -0.15) is 0 Å². The van der Waals surface area contributed by atoms with Gasteiger partial charge in [-0.25, -0.2) is 0 Å². The van der Waals surface area contributed by atoms with Crippen LogP contribution in [0.3, 0.4) is 0 Å². The van der Waals surface area contributed by atoms with Gasteiger partial charge >= 0.3 is 0 Å². The fourth-order valence-electron chi connectivity index (χ4n) is 11.3. The van der Waals surface area contributed by atoms with Crippen LogP contribution in [0.5, 0.6) is 0 Å². The summed E-state index contributed by atoms with van der Waals surface area (Å²) in [5.74, 6) is 0. The molecule has 0 unspecified atom stereocenters. The normalized spacial score (nSPS) is 14.0. The van der Waals surface area contributed by atoms with E-state index in [4.69, 9.17) is 0 Å². The molecule has 0 aliphatic heterocycles. The van der Waals surface area contributed by atoms with E-state index < -0.39 is 0 Å². The van der Waals surface area contributed by atoms with Crippen LogP contribution in [-0.2, 0) is 10.8 Å². The Morgan fingerprint density at radius 3 is 1.03 bits per heavy atom. The van der Waals surface area contributed by atoms with Crippen molar-refractivity contribution in [1.29, 1.82) is 0 Å². The second-order valence-electron chi connectivity index (χ2n) is 19.0. The Morgan fingerprint density at radius 1 is 0.281 bits per heavy atom. The second-order valence-corrected chi connectivity index (χ2v) is 19.0. The number of hydrogen-bond acceptors (Lipinski definition) is 0. The molecule has 0 heteroatoms. The summed E-state index contributed by atoms with van der Waals surface area (Å²) >= 11 is 0. The van der Waals surface area contributed by atoms with Crippen LogP contribution in [0.25, 0.3) is 111 Å². The van der Waals surface area contributed by atoms with Gasteiger partial charge in [0, 0.05) is 10.8 Å². The molecular formula is C64H48. The van der Waals surface area contributed by atoms with Crippen molar-refractivity contribution in [2.75, 3.05) is 0 Å². The zero-order valence-electron chi connectivity index (χ0n) is 36.9. The van der Waals surface area contributed by atoms with E-state index in [9.17, 15) is 0 Å². The SMILES string of the molecule is C=Cc1ccc(-c2ccc3c(-c4ccc5c(c4)C(C)(C)c4ccccc4-5)cc4c5cc(-c6ccc(C=C)cc6)ccc5c(-c5ccc6c(c5)C(C)(C)c5ccccc5-6)cc4c3c2)cc1. The minimum absolute atomic E-state index is 0.108. The molecule has 0 fully saturated rings. The minimum Gasteiger partial charge on any atom is -0.0985 e. The molecular weight excluding hydrogens is 769 g/mol. The number of hydrogen-bond donors (Lipinski definition) is 0. The summed E-state index contributed by atoms with van der Waals surface area (Å²) < 4.78 is 0. The van der Waals surface area contributed by atoms with E-state index in [1.807, 2.05) is 12.2 Å². The highest BCUT2D eigenvalue weighted by atomic mass is 14.4. The molecule has 10 aromatic rings. The molecule has 0 radical (unpaired) electrons. The lowest BCUT2D eigenvalue weighted by Crippen LogP contribution is -2.14. The Labute approximate surface area is 376 Å². The molecule has 0 bridgehead atoms. The number of fused-ring (bicyclic) bond motifs is 11. The van der Waals surface area contributed by atoms with Crippen molar-refractivity contribution in [2.45, 2.75) is 38.5 Å². The molecule has 0 N–H and O–H groups in total. The molecule has 12 rings (SSSR count). The fourth-order valence-corrected chi connectivity index (χ4v) is 11.3. The summed E-state index contributed by atoms with van der Waals surface area (Å²) in [7, 11) is 0. The Morgan fingerprint density at radius 2 is 0.625 bits per heavy atom. The zero-order valence-corrected chi connectivity index (χ0v) is 36.9. The monoisotopic (exact) mass is 816 g/mol. The van der Waals surface area contributed by atoms with Crippen molar-refractivity contribution in [3.8, 4) is 66.8 Å². The van der Waals surface area contributed by atoms with Gasteiger partial charge in [-0.05, 0) is 169 Å². The lowest BCUT2D eigenvalue weighted by atomic mass is 9.80. The Hall–Kier alpha value is -7.54. The van der Waals surface area contributed by atoms with Gasteiger partial charge in [0.2, 0.25) is 0 Å². The minimum atomic E-state index is -0.108. The summed E-state index contributed by atoms with van der Waals surface area (Å²) in [5.41, 5.74) is 22.7. The molecule has 64 heavy (non-hydrogen) atoms. The first-order valence-electron chi connectivity index (χ1n) is 22.5. The van der Waals surface area contributed by atoms with Crippen LogP contribution in [0.1, 0.15) is 61.1 Å². The molecule has 0 saturated heterocycles. The maximum Gasteiger partial charge on any atom is 0.0159 e. The van der Waals surface area contributed by atoms with E-state index in [1.165, 1.54) is 121 Å². The Bertz CT molecular complexity index is 3370. The van der Waals surface area contributed by atoms with Gasteiger partial charge in [-0.1, -0.05) is 199 Å². The van der Waals surface area contributed by atoms with Crippen LogP contribution in [0.15, 0.2) is 195 Å². The van der Waals surface area contributed by atoms with Crippen LogP contribution >= 0.6 is 0 Å². The lowest BCUT2D eigenvalue weighted by molar-refractivity contribution is 0.660. The van der Waals surface area contributed by atoms with E-state index in [0.29, 0.717) is 0 Å². The van der Waals surface area contributed by atoms with E-state index >= 15 is 0 Å². The first-order chi connectivity index (χ1) is 31.1. The van der Waals surface area contributed by atoms with Crippen LogP contribution in [0.2, 0.25) is 0 Å². The van der Waals surface area contributed by atoms with E-state index in [0.717, 1.165) is 11.1 Å². The van der Waals surface area contributed by atoms with Gasteiger partial charge in [-0.15, -0.1) is 0 Å². The first kappa shape index (κ1) is 38.2.